The van der Waals surface area contributed by atoms with Gasteiger partial charge in [0.15, 0.2) is 5.03 Å². The Hall–Kier alpha value is -2.67. The van der Waals surface area contributed by atoms with Crippen molar-refractivity contribution in [3.63, 3.8) is 0 Å². The third-order valence-electron chi connectivity index (χ3n) is 3.96. The Morgan fingerprint density at radius 1 is 1.39 bits per heavy atom. The molecule has 1 aliphatic rings. The number of hydrogen-bond acceptors (Lipinski definition) is 9. The largest absolute Gasteiger partial charge is 0.491 e. The van der Waals surface area contributed by atoms with Crippen molar-refractivity contribution in [3.05, 3.63) is 41.6 Å². The van der Waals surface area contributed by atoms with Crippen LogP contribution < -0.4 is 16.5 Å². The van der Waals surface area contributed by atoms with E-state index in [-0.39, 0.29) is 36.2 Å². The van der Waals surface area contributed by atoms with Gasteiger partial charge < -0.3 is 25.3 Å². The predicted octanol–water partition coefficient (Wildman–Crippen LogP) is -0.604. The second-order valence-corrected chi connectivity index (χ2v) is 7.97. The highest BCUT2D eigenvalue weighted by atomic mass is 32.2. The molecule has 12 heteroatoms. The first kappa shape index (κ1) is 20.1. The standard InChI is InChI=1S/C16H18BN3O7S/c18-12-6-14(20-16(22)26-4-3-21)15(19-7-12)28(24,25)9-10-1-2-11-8-27-17(23)13(11)5-10/h1-2,5-7,21,23H,3-4,8-9,18H2,(H,20,22). The predicted molar refractivity (Wildman–Crippen MR) is 100 cm³/mol. The monoisotopic (exact) mass is 407 g/mol. The molecule has 0 spiro atoms. The summed E-state index contributed by atoms with van der Waals surface area (Å²) in [6, 6.07) is 6.13. The normalized spacial score (nSPS) is 13.3. The highest BCUT2D eigenvalue weighted by molar-refractivity contribution is 7.90. The molecular weight excluding hydrogens is 389 g/mol. The van der Waals surface area contributed by atoms with Crippen LogP contribution in [-0.2, 0) is 31.6 Å². The van der Waals surface area contributed by atoms with Gasteiger partial charge >= 0.3 is 13.2 Å². The summed E-state index contributed by atoms with van der Waals surface area (Å²) in [5, 5.41) is 20.4. The lowest BCUT2D eigenvalue weighted by Crippen LogP contribution is -2.28. The molecule has 5 N–H and O–H groups in total. The van der Waals surface area contributed by atoms with Crippen molar-refractivity contribution in [1.82, 2.24) is 4.98 Å². The van der Waals surface area contributed by atoms with Crippen molar-refractivity contribution >= 4 is 39.9 Å². The molecule has 10 nitrogen and oxygen atoms in total. The molecule has 28 heavy (non-hydrogen) atoms. The summed E-state index contributed by atoms with van der Waals surface area (Å²) in [6.07, 6.45) is 0.216. The molecule has 1 aromatic heterocycles. The summed E-state index contributed by atoms with van der Waals surface area (Å²) in [5.74, 6) is -0.412. The molecule has 1 amide bonds. The van der Waals surface area contributed by atoms with Gasteiger partial charge in [0.05, 0.1) is 36.5 Å². The van der Waals surface area contributed by atoms with Crippen LogP contribution in [0.3, 0.4) is 0 Å². The summed E-state index contributed by atoms with van der Waals surface area (Å²) in [5.41, 5.74) is 7.39. The Labute approximate surface area is 161 Å². The second kappa shape index (κ2) is 8.14. The Bertz CT molecular complexity index is 1000. The molecule has 0 atom stereocenters. The van der Waals surface area contributed by atoms with E-state index in [2.05, 4.69) is 15.0 Å². The zero-order valence-corrected chi connectivity index (χ0v) is 15.5. The fourth-order valence-corrected chi connectivity index (χ4v) is 4.15. The summed E-state index contributed by atoms with van der Waals surface area (Å²) in [6.45, 7) is -0.363. The van der Waals surface area contributed by atoms with Crippen molar-refractivity contribution in [2.45, 2.75) is 17.4 Å². The third-order valence-corrected chi connectivity index (χ3v) is 5.59. The van der Waals surface area contributed by atoms with Crippen LogP contribution in [-0.4, -0.2) is 50.0 Å². The molecule has 0 saturated heterocycles. The van der Waals surface area contributed by atoms with E-state index >= 15 is 0 Å². The van der Waals surface area contributed by atoms with Crippen LogP contribution in [0.1, 0.15) is 11.1 Å². The number of fused-ring (bicyclic) bond motifs is 1. The molecule has 2 aromatic rings. The molecule has 0 unspecified atom stereocenters. The van der Waals surface area contributed by atoms with Crippen LogP contribution in [0.2, 0.25) is 0 Å². The first-order chi connectivity index (χ1) is 13.3. The minimum atomic E-state index is -3.97. The number of anilines is 2. The lowest BCUT2D eigenvalue weighted by atomic mass is 9.79. The van der Waals surface area contributed by atoms with Crippen LogP contribution in [0.15, 0.2) is 35.5 Å². The Morgan fingerprint density at radius 3 is 2.93 bits per heavy atom. The molecule has 3 rings (SSSR count). The average Bonchev–Trinajstić information content (AvgIpc) is 3.00. The fourth-order valence-electron chi connectivity index (χ4n) is 2.73. The number of amides is 1. The molecule has 1 aromatic carbocycles. The van der Waals surface area contributed by atoms with Crippen molar-refractivity contribution in [2.75, 3.05) is 24.3 Å². The van der Waals surface area contributed by atoms with E-state index in [1.807, 2.05) is 0 Å². The third kappa shape index (κ3) is 4.42. The zero-order chi connectivity index (χ0) is 20.3. The van der Waals surface area contributed by atoms with Crippen LogP contribution in [0.4, 0.5) is 16.2 Å². The van der Waals surface area contributed by atoms with E-state index in [9.17, 15) is 18.2 Å². The van der Waals surface area contributed by atoms with Gasteiger partial charge in [0.1, 0.15) is 6.61 Å². The van der Waals surface area contributed by atoms with Gasteiger partial charge in [0, 0.05) is 0 Å². The van der Waals surface area contributed by atoms with E-state index in [4.69, 9.17) is 15.5 Å². The van der Waals surface area contributed by atoms with Crippen molar-refractivity contribution in [3.8, 4) is 0 Å². The van der Waals surface area contributed by atoms with Gasteiger partial charge in [-0.1, -0.05) is 18.2 Å². The van der Waals surface area contributed by atoms with Gasteiger partial charge in [-0.15, -0.1) is 0 Å². The molecule has 2 heterocycles. The highest BCUT2D eigenvalue weighted by Gasteiger charge is 2.29. The van der Waals surface area contributed by atoms with Crippen molar-refractivity contribution < 1.29 is 32.7 Å². The number of hydrogen-bond donors (Lipinski definition) is 4. The van der Waals surface area contributed by atoms with Crippen LogP contribution in [0.5, 0.6) is 0 Å². The number of aromatic nitrogens is 1. The number of aliphatic hydroxyl groups excluding tert-OH is 1. The molecule has 0 aliphatic carbocycles. The molecule has 0 bridgehead atoms. The molecular formula is C16H18BN3O7S. The van der Waals surface area contributed by atoms with E-state index in [1.165, 1.54) is 6.07 Å². The molecule has 0 saturated carbocycles. The number of carbonyl (C=O) groups excluding carboxylic acids is 1. The Kier molecular flexibility index (Phi) is 5.84. The van der Waals surface area contributed by atoms with E-state index in [1.54, 1.807) is 18.2 Å². The summed E-state index contributed by atoms with van der Waals surface area (Å²) < 4.78 is 35.5. The molecule has 0 radical (unpaired) electrons. The van der Waals surface area contributed by atoms with Gasteiger partial charge in [-0.25, -0.2) is 18.2 Å². The number of nitrogens with zero attached hydrogens (tertiary/aromatic N) is 1. The van der Waals surface area contributed by atoms with Crippen LogP contribution in [0.25, 0.3) is 0 Å². The van der Waals surface area contributed by atoms with Crippen molar-refractivity contribution in [2.24, 2.45) is 0 Å². The Balaban J connectivity index is 1.87. The first-order valence-electron chi connectivity index (χ1n) is 8.24. The number of nitrogen functional groups attached to an aromatic ring is 1. The summed E-state index contributed by atoms with van der Waals surface area (Å²) >= 11 is 0. The van der Waals surface area contributed by atoms with Gasteiger partial charge in [-0.2, -0.15) is 0 Å². The fraction of sp³-hybridized carbons (Fsp3) is 0.250. The smallest absolute Gasteiger partial charge is 0.447 e. The molecule has 1 aliphatic heterocycles. The van der Waals surface area contributed by atoms with E-state index < -0.39 is 28.8 Å². The zero-order valence-electron chi connectivity index (χ0n) is 14.7. The lowest BCUT2D eigenvalue weighted by Gasteiger charge is -2.12. The first-order valence-corrected chi connectivity index (χ1v) is 9.89. The number of nitrogens with two attached hydrogens (primary N) is 1. The number of sulfone groups is 1. The summed E-state index contributed by atoms with van der Waals surface area (Å²) in [4.78, 5) is 15.6. The van der Waals surface area contributed by atoms with Gasteiger partial charge in [-0.05, 0) is 22.7 Å². The number of benzene rings is 1. The quantitative estimate of drug-likeness (QED) is 0.458. The highest BCUT2D eigenvalue weighted by Crippen LogP contribution is 2.25. The van der Waals surface area contributed by atoms with Gasteiger partial charge in [0.25, 0.3) is 0 Å². The number of ether oxygens (including phenoxy) is 1. The molecule has 148 valence electrons. The number of aliphatic hydroxyl groups is 1. The maximum absolute atomic E-state index is 12.9. The van der Waals surface area contributed by atoms with Crippen LogP contribution in [0, 0.1) is 0 Å². The van der Waals surface area contributed by atoms with E-state index in [0.717, 1.165) is 11.8 Å². The number of carbonyl (C=O) groups is 1. The SMILES string of the molecule is Nc1cnc(S(=O)(=O)Cc2ccc3c(c2)B(O)OC3)c(NC(=O)OCCO)c1. The lowest BCUT2D eigenvalue weighted by molar-refractivity contribution is 0.131. The van der Waals surface area contributed by atoms with Gasteiger partial charge in [-0.3, -0.25) is 5.32 Å². The summed E-state index contributed by atoms with van der Waals surface area (Å²) in [7, 11) is -5.06. The van der Waals surface area contributed by atoms with Crippen LogP contribution >= 0.6 is 0 Å². The number of rotatable bonds is 6. The topological polar surface area (TPSA) is 161 Å². The van der Waals surface area contributed by atoms with Crippen molar-refractivity contribution in [1.29, 1.82) is 0 Å². The minimum absolute atomic E-state index is 0.132. The second-order valence-electron chi connectivity index (χ2n) is 6.06. The number of pyridine rings is 1. The maximum atomic E-state index is 12.9. The van der Waals surface area contributed by atoms with Gasteiger partial charge in [0.2, 0.25) is 9.84 Å². The maximum Gasteiger partial charge on any atom is 0.491 e. The number of nitrogens with one attached hydrogen (secondary N) is 1. The minimum Gasteiger partial charge on any atom is -0.447 e. The Morgan fingerprint density at radius 2 is 2.18 bits per heavy atom. The average molecular weight is 407 g/mol. The van der Waals surface area contributed by atoms with E-state index in [0.29, 0.717) is 11.0 Å². The molecule has 0 fully saturated rings.